The van der Waals surface area contributed by atoms with Crippen molar-refractivity contribution in [3.05, 3.63) is 53.6 Å². The van der Waals surface area contributed by atoms with Gasteiger partial charge in [0.05, 0.1) is 17.1 Å². The summed E-state index contributed by atoms with van der Waals surface area (Å²) in [6, 6.07) is 9.00. The number of ether oxygens (including phenoxy) is 4. The van der Waals surface area contributed by atoms with Gasteiger partial charge in [0, 0.05) is 45.4 Å². The van der Waals surface area contributed by atoms with E-state index in [1.54, 1.807) is 0 Å². The van der Waals surface area contributed by atoms with Crippen LogP contribution in [-0.4, -0.2) is 66.1 Å². The zero-order chi connectivity index (χ0) is 28.6. The lowest BCUT2D eigenvalue weighted by atomic mass is 9.95. The van der Waals surface area contributed by atoms with Crippen LogP contribution in [0.4, 0.5) is 0 Å². The number of nitrogens with zero attached hydrogens (tertiary/aromatic N) is 2. The average molecular weight is 575 g/mol. The molecule has 0 unspecified atom stereocenters. The van der Waals surface area contributed by atoms with Crippen LogP contribution in [0.2, 0.25) is 0 Å². The van der Waals surface area contributed by atoms with Gasteiger partial charge in [-0.15, -0.1) is 11.8 Å². The van der Waals surface area contributed by atoms with E-state index in [1.807, 2.05) is 24.2 Å². The van der Waals surface area contributed by atoms with Crippen molar-refractivity contribution in [3.8, 4) is 0 Å². The zero-order valence-electron chi connectivity index (χ0n) is 25.7. The Bertz CT molecular complexity index is 939. The minimum atomic E-state index is -0.133. The van der Waals surface area contributed by atoms with Crippen molar-refractivity contribution in [1.82, 2.24) is 9.55 Å². The molecule has 1 aromatic heterocycles. The molecule has 0 aliphatic carbocycles. The third kappa shape index (κ3) is 10.2. The van der Waals surface area contributed by atoms with E-state index in [-0.39, 0.29) is 28.8 Å². The lowest BCUT2D eigenvalue weighted by molar-refractivity contribution is -0.149. The molecule has 1 saturated heterocycles. The van der Waals surface area contributed by atoms with Gasteiger partial charge in [-0.05, 0) is 43.7 Å². The molecule has 40 heavy (non-hydrogen) atoms. The summed E-state index contributed by atoms with van der Waals surface area (Å²) >= 11 is 1.96. The number of rotatable bonds is 20. The number of hydrogen-bond acceptors (Lipinski definition) is 6. The summed E-state index contributed by atoms with van der Waals surface area (Å²) in [5, 5.41) is 0.314. The largest absolute Gasteiger partial charge is 0.380 e. The SMILES string of the molecule is CCCCOC[C@H]1S[C@@H](c2cccc(Cn3ccnc3C)c2)[C@H](OCCCC)[C@@H](OCCCC)[C@@H]1OCCCC. The maximum absolute atomic E-state index is 6.74. The fourth-order valence-electron chi connectivity index (χ4n) is 5.06. The molecule has 7 heteroatoms. The highest BCUT2D eigenvalue weighted by atomic mass is 32.2. The average Bonchev–Trinajstić information content (AvgIpc) is 3.37. The van der Waals surface area contributed by atoms with E-state index in [2.05, 4.69) is 68.4 Å². The minimum absolute atomic E-state index is 0.0605. The summed E-state index contributed by atoms with van der Waals surface area (Å²) < 4.78 is 28.5. The molecule has 2 aromatic rings. The van der Waals surface area contributed by atoms with Crippen LogP contribution >= 0.6 is 11.8 Å². The monoisotopic (exact) mass is 574 g/mol. The van der Waals surface area contributed by atoms with E-state index in [9.17, 15) is 0 Å². The molecule has 1 aliphatic heterocycles. The first kappa shape index (κ1) is 33.1. The Morgan fingerprint density at radius 2 is 1.43 bits per heavy atom. The highest BCUT2D eigenvalue weighted by Gasteiger charge is 2.48. The molecule has 2 heterocycles. The summed E-state index contributed by atoms with van der Waals surface area (Å²) in [7, 11) is 0. The topological polar surface area (TPSA) is 54.7 Å². The predicted octanol–water partition coefficient (Wildman–Crippen LogP) is 7.77. The Kier molecular flexibility index (Phi) is 15.7. The lowest BCUT2D eigenvalue weighted by Crippen LogP contribution is -2.55. The second-order valence-corrected chi connectivity index (χ2v) is 12.3. The molecular weight excluding hydrogens is 520 g/mol. The van der Waals surface area contributed by atoms with Gasteiger partial charge in [0.2, 0.25) is 0 Å². The first-order valence-electron chi connectivity index (χ1n) is 15.8. The molecule has 3 rings (SSSR count). The fraction of sp³-hybridized carbons (Fsp3) is 0.727. The van der Waals surface area contributed by atoms with Crippen LogP contribution < -0.4 is 0 Å². The molecule has 1 fully saturated rings. The predicted molar refractivity (Wildman–Crippen MR) is 166 cm³/mol. The van der Waals surface area contributed by atoms with Gasteiger partial charge < -0.3 is 23.5 Å². The smallest absolute Gasteiger partial charge is 0.112 e. The quantitative estimate of drug-likeness (QED) is 0.151. The van der Waals surface area contributed by atoms with E-state index < -0.39 is 0 Å². The number of imidazole rings is 1. The number of thioether (sulfide) groups is 1. The Labute approximate surface area is 247 Å². The minimum Gasteiger partial charge on any atom is -0.380 e. The van der Waals surface area contributed by atoms with Crippen molar-refractivity contribution >= 4 is 11.8 Å². The van der Waals surface area contributed by atoms with Gasteiger partial charge in [-0.2, -0.15) is 0 Å². The number of unbranched alkanes of at least 4 members (excludes halogenated alkanes) is 4. The summed E-state index contributed by atoms with van der Waals surface area (Å²) in [6.07, 6.45) is 12.3. The van der Waals surface area contributed by atoms with Gasteiger partial charge in [-0.3, -0.25) is 0 Å². The molecule has 5 atom stereocenters. The van der Waals surface area contributed by atoms with E-state index in [0.29, 0.717) is 6.61 Å². The summed E-state index contributed by atoms with van der Waals surface area (Å²) in [5.41, 5.74) is 2.56. The first-order chi connectivity index (χ1) is 19.6. The van der Waals surface area contributed by atoms with E-state index in [0.717, 1.165) is 90.2 Å². The van der Waals surface area contributed by atoms with Crippen LogP contribution in [0, 0.1) is 6.92 Å². The van der Waals surface area contributed by atoms with Gasteiger partial charge in [-0.25, -0.2) is 4.98 Å². The third-order valence-electron chi connectivity index (χ3n) is 7.54. The Balaban J connectivity index is 1.94. The fourth-order valence-corrected chi connectivity index (χ4v) is 6.70. The van der Waals surface area contributed by atoms with Crippen LogP contribution in [0.1, 0.15) is 101 Å². The normalized spacial score (nSPS) is 23.1. The summed E-state index contributed by atoms with van der Waals surface area (Å²) in [6.45, 7) is 15.4. The highest BCUT2D eigenvalue weighted by Crippen LogP contribution is 2.47. The Morgan fingerprint density at radius 3 is 2.05 bits per heavy atom. The molecule has 1 aliphatic rings. The molecule has 0 amide bonds. The van der Waals surface area contributed by atoms with Crippen LogP contribution in [0.25, 0.3) is 0 Å². The van der Waals surface area contributed by atoms with E-state index in [4.69, 9.17) is 18.9 Å². The van der Waals surface area contributed by atoms with E-state index in [1.165, 1.54) is 11.1 Å². The van der Waals surface area contributed by atoms with Crippen molar-refractivity contribution in [2.75, 3.05) is 33.0 Å². The second kappa shape index (κ2) is 18.9. The maximum Gasteiger partial charge on any atom is 0.112 e. The third-order valence-corrected chi connectivity index (χ3v) is 9.13. The zero-order valence-corrected chi connectivity index (χ0v) is 26.5. The molecule has 0 N–H and O–H groups in total. The molecule has 226 valence electrons. The molecule has 0 bridgehead atoms. The first-order valence-corrected chi connectivity index (χ1v) is 16.7. The van der Waals surface area contributed by atoms with Gasteiger partial charge in [0.1, 0.15) is 24.1 Å². The van der Waals surface area contributed by atoms with Crippen LogP contribution in [-0.2, 0) is 25.5 Å². The second-order valence-electron chi connectivity index (χ2n) is 10.9. The molecule has 0 radical (unpaired) electrons. The van der Waals surface area contributed by atoms with Gasteiger partial charge in [0.25, 0.3) is 0 Å². The molecular formula is C33H54N2O4S. The maximum atomic E-state index is 6.74. The van der Waals surface area contributed by atoms with Crippen LogP contribution in [0.15, 0.2) is 36.7 Å². The van der Waals surface area contributed by atoms with Crippen molar-refractivity contribution < 1.29 is 18.9 Å². The van der Waals surface area contributed by atoms with Gasteiger partial charge >= 0.3 is 0 Å². The summed E-state index contributed by atoms with van der Waals surface area (Å²) in [5.74, 6) is 1.03. The summed E-state index contributed by atoms with van der Waals surface area (Å²) in [4.78, 5) is 4.41. The number of benzene rings is 1. The number of hydrogen-bond donors (Lipinski definition) is 0. The van der Waals surface area contributed by atoms with Crippen molar-refractivity contribution in [3.63, 3.8) is 0 Å². The van der Waals surface area contributed by atoms with Crippen molar-refractivity contribution in [2.45, 2.75) is 121 Å². The van der Waals surface area contributed by atoms with E-state index >= 15 is 0 Å². The Morgan fingerprint density at radius 1 is 0.800 bits per heavy atom. The molecule has 6 nitrogen and oxygen atoms in total. The molecule has 0 saturated carbocycles. The van der Waals surface area contributed by atoms with Crippen LogP contribution in [0.3, 0.4) is 0 Å². The van der Waals surface area contributed by atoms with Crippen molar-refractivity contribution in [1.29, 1.82) is 0 Å². The standard InChI is InChI=1S/C33H54N2O4S/c1-6-10-19-36-25-29-30(37-20-11-7-2)31(38-21-12-8-3)32(39-22-13-9-4)33(40-29)28-16-14-15-27(23-28)24-35-18-17-34-26(35)5/h14-18,23,29-33H,6-13,19-22,24-25H2,1-5H3/t29-,30-,31+,32-,33+/m1/s1. The number of aryl methyl sites for hydroxylation is 1. The lowest BCUT2D eigenvalue weighted by Gasteiger charge is -2.46. The van der Waals surface area contributed by atoms with Crippen molar-refractivity contribution in [2.24, 2.45) is 0 Å². The Hall–Kier alpha value is -1.38. The molecule has 1 aromatic carbocycles. The van der Waals surface area contributed by atoms with Gasteiger partial charge in [-0.1, -0.05) is 77.6 Å². The van der Waals surface area contributed by atoms with Crippen LogP contribution in [0.5, 0.6) is 0 Å². The van der Waals surface area contributed by atoms with Gasteiger partial charge in [0.15, 0.2) is 0 Å². The highest BCUT2D eigenvalue weighted by molar-refractivity contribution is 8.00. The number of aromatic nitrogens is 2. The molecule has 0 spiro atoms.